The third-order valence-electron chi connectivity index (χ3n) is 3.74. The molecule has 1 fully saturated rings. The van der Waals surface area contributed by atoms with Crippen molar-refractivity contribution >= 4 is 16.9 Å². The van der Waals surface area contributed by atoms with Gasteiger partial charge in [-0.25, -0.2) is 0 Å². The molecule has 1 unspecified atom stereocenters. The standard InChI is InChI=1S/C14H17N3O2/c15-9-10-4-3-7-17(10)14(18)8-12-11-5-1-2-6-13(11)19-16-12/h1-2,5-6,10H,3-4,7-9,15H2. The zero-order valence-electron chi connectivity index (χ0n) is 10.7. The molecule has 2 heterocycles. The maximum atomic E-state index is 12.3. The van der Waals surface area contributed by atoms with E-state index in [2.05, 4.69) is 5.16 Å². The van der Waals surface area contributed by atoms with Crippen LogP contribution in [0.15, 0.2) is 28.8 Å². The molecule has 100 valence electrons. The number of nitrogens with zero attached hydrogens (tertiary/aromatic N) is 2. The van der Waals surface area contributed by atoms with Gasteiger partial charge in [-0.2, -0.15) is 0 Å². The molecule has 19 heavy (non-hydrogen) atoms. The van der Waals surface area contributed by atoms with Gasteiger partial charge < -0.3 is 15.2 Å². The van der Waals surface area contributed by atoms with Crippen LogP contribution in [0.1, 0.15) is 18.5 Å². The average molecular weight is 259 g/mol. The van der Waals surface area contributed by atoms with E-state index in [-0.39, 0.29) is 18.4 Å². The Morgan fingerprint density at radius 3 is 3.16 bits per heavy atom. The summed E-state index contributed by atoms with van der Waals surface area (Å²) in [7, 11) is 0. The molecule has 0 radical (unpaired) electrons. The number of nitrogens with two attached hydrogens (primary N) is 1. The fourth-order valence-corrected chi connectivity index (χ4v) is 2.72. The summed E-state index contributed by atoms with van der Waals surface area (Å²) in [5, 5.41) is 4.92. The van der Waals surface area contributed by atoms with Gasteiger partial charge in [0, 0.05) is 24.5 Å². The lowest BCUT2D eigenvalue weighted by Gasteiger charge is -2.23. The Labute approximate surface area is 111 Å². The monoisotopic (exact) mass is 259 g/mol. The van der Waals surface area contributed by atoms with E-state index >= 15 is 0 Å². The lowest BCUT2D eigenvalue weighted by molar-refractivity contribution is -0.131. The first kappa shape index (κ1) is 12.2. The molecule has 1 aliphatic rings. The van der Waals surface area contributed by atoms with Crippen molar-refractivity contribution < 1.29 is 9.32 Å². The van der Waals surface area contributed by atoms with Gasteiger partial charge in [-0.1, -0.05) is 17.3 Å². The zero-order chi connectivity index (χ0) is 13.2. The van der Waals surface area contributed by atoms with Gasteiger partial charge in [-0.15, -0.1) is 0 Å². The van der Waals surface area contributed by atoms with Gasteiger partial charge >= 0.3 is 0 Å². The van der Waals surface area contributed by atoms with Crippen molar-refractivity contribution in [2.75, 3.05) is 13.1 Å². The number of carbonyl (C=O) groups is 1. The molecule has 0 bridgehead atoms. The van der Waals surface area contributed by atoms with Crippen LogP contribution in [0.2, 0.25) is 0 Å². The SMILES string of the molecule is NCC1CCCN1C(=O)Cc1noc2ccccc12. The van der Waals surface area contributed by atoms with Crippen LogP contribution in [0.5, 0.6) is 0 Å². The largest absolute Gasteiger partial charge is 0.356 e. The van der Waals surface area contributed by atoms with E-state index in [0.717, 1.165) is 30.4 Å². The number of para-hydroxylation sites is 1. The van der Waals surface area contributed by atoms with Crippen LogP contribution in [-0.4, -0.2) is 35.1 Å². The molecule has 2 aromatic rings. The second-order valence-corrected chi connectivity index (χ2v) is 4.92. The van der Waals surface area contributed by atoms with E-state index < -0.39 is 0 Å². The number of rotatable bonds is 3. The van der Waals surface area contributed by atoms with Crippen molar-refractivity contribution in [3.8, 4) is 0 Å². The first-order valence-corrected chi connectivity index (χ1v) is 6.62. The summed E-state index contributed by atoms with van der Waals surface area (Å²) in [6, 6.07) is 7.79. The third-order valence-corrected chi connectivity index (χ3v) is 3.74. The van der Waals surface area contributed by atoms with Crippen molar-refractivity contribution in [3.63, 3.8) is 0 Å². The van der Waals surface area contributed by atoms with E-state index in [1.54, 1.807) is 0 Å². The summed E-state index contributed by atoms with van der Waals surface area (Å²) in [5.74, 6) is 0.0898. The molecular formula is C14H17N3O2. The molecule has 1 aromatic heterocycles. The molecule has 5 heteroatoms. The second-order valence-electron chi connectivity index (χ2n) is 4.92. The highest BCUT2D eigenvalue weighted by atomic mass is 16.5. The quantitative estimate of drug-likeness (QED) is 0.902. The summed E-state index contributed by atoms with van der Waals surface area (Å²) in [6.07, 6.45) is 2.32. The molecular weight excluding hydrogens is 242 g/mol. The van der Waals surface area contributed by atoms with Crippen LogP contribution in [0.3, 0.4) is 0 Å². The lowest BCUT2D eigenvalue weighted by Crippen LogP contribution is -2.40. The Kier molecular flexibility index (Phi) is 3.21. The maximum absolute atomic E-state index is 12.3. The summed E-state index contributed by atoms with van der Waals surface area (Å²) in [5.41, 5.74) is 7.13. The van der Waals surface area contributed by atoms with Crippen molar-refractivity contribution in [2.24, 2.45) is 5.73 Å². The predicted octanol–water partition coefficient (Wildman–Crippen LogP) is 1.32. The van der Waals surface area contributed by atoms with Gasteiger partial charge in [0.25, 0.3) is 0 Å². The molecule has 3 rings (SSSR count). The predicted molar refractivity (Wildman–Crippen MR) is 71.5 cm³/mol. The minimum Gasteiger partial charge on any atom is -0.356 e. The van der Waals surface area contributed by atoms with Gasteiger partial charge in [0.2, 0.25) is 5.91 Å². The first-order valence-electron chi connectivity index (χ1n) is 6.62. The van der Waals surface area contributed by atoms with E-state index in [9.17, 15) is 4.79 Å². The summed E-state index contributed by atoms with van der Waals surface area (Å²) in [4.78, 5) is 14.2. The van der Waals surface area contributed by atoms with Crippen molar-refractivity contribution in [3.05, 3.63) is 30.0 Å². The molecule has 1 saturated heterocycles. The highest BCUT2D eigenvalue weighted by molar-refractivity contribution is 5.86. The number of carbonyl (C=O) groups excluding carboxylic acids is 1. The molecule has 1 atom stereocenters. The van der Waals surface area contributed by atoms with Gasteiger partial charge in [0.15, 0.2) is 5.58 Å². The van der Waals surface area contributed by atoms with Crippen molar-refractivity contribution in [1.82, 2.24) is 10.1 Å². The summed E-state index contributed by atoms with van der Waals surface area (Å²) < 4.78 is 5.22. The Morgan fingerprint density at radius 1 is 1.47 bits per heavy atom. The van der Waals surface area contributed by atoms with Gasteiger partial charge in [0.05, 0.1) is 6.42 Å². The number of hydrogen-bond acceptors (Lipinski definition) is 4. The van der Waals surface area contributed by atoms with E-state index in [0.29, 0.717) is 12.2 Å². The van der Waals surface area contributed by atoms with Gasteiger partial charge in [-0.3, -0.25) is 4.79 Å². The number of fused-ring (bicyclic) bond motifs is 1. The van der Waals surface area contributed by atoms with Crippen LogP contribution in [0.25, 0.3) is 11.0 Å². The molecule has 0 aliphatic carbocycles. The number of hydrogen-bond donors (Lipinski definition) is 1. The third kappa shape index (κ3) is 2.21. The fourth-order valence-electron chi connectivity index (χ4n) is 2.72. The lowest BCUT2D eigenvalue weighted by atomic mass is 10.1. The summed E-state index contributed by atoms with van der Waals surface area (Å²) in [6.45, 7) is 1.34. The summed E-state index contributed by atoms with van der Waals surface area (Å²) >= 11 is 0. The molecule has 1 aromatic carbocycles. The smallest absolute Gasteiger partial charge is 0.229 e. The van der Waals surface area contributed by atoms with E-state index in [1.807, 2.05) is 29.2 Å². The number of aromatic nitrogens is 1. The van der Waals surface area contributed by atoms with Crippen LogP contribution in [0, 0.1) is 0 Å². The van der Waals surface area contributed by atoms with Crippen molar-refractivity contribution in [1.29, 1.82) is 0 Å². The second kappa shape index (κ2) is 5.01. The first-order chi connectivity index (χ1) is 9.29. The highest BCUT2D eigenvalue weighted by Crippen LogP contribution is 2.21. The Balaban J connectivity index is 1.79. The van der Waals surface area contributed by atoms with Gasteiger partial charge in [-0.05, 0) is 25.0 Å². The normalized spacial score (nSPS) is 19.2. The number of benzene rings is 1. The maximum Gasteiger partial charge on any atom is 0.229 e. The van der Waals surface area contributed by atoms with Gasteiger partial charge in [0.1, 0.15) is 5.69 Å². The van der Waals surface area contributed by atoms with E-state index in [1.165, 1.54) is 0 Å². The minimum absolute atomic E-state index is 0.0898. The Bertz CT molecular complexity index is 593. The van der Waals surface area contributed by atoms with E-state index in [4.69, 9.17) is 10.3 Å². The average Bonchev–Trinajstić information content (AvgIpc) is 3.05. The number of amides is 1. The molecule has 0 saturated carbocycles. The molecule has 1 amide bonds. The van der Waals surface area contributed by atoms with Crippen LogP contribution >= 0.6 is 0 Å². The topological polar surface area (TPSA) is 72.4 Å². The van der Waals surface area contributed by atoms with Crippen molar-refractivity contribution in [2.45, 2.75) is 25.3 Å². The van der Waals surface area contributed by atoms with Crippen LogP contribution in [-0.2, 0) is 11.2 Å². The molecule has 5 nitrogen and oxygen atoms in total. The Morgan fingerprint density at radius 2 is 2.32 bits per heavy atom. The number of likely N-dealkylation sites (tertiary alicyclic amines) is 1. The fraction of sp³-hybridized carbons (Fsp3) is 0.429. The minimum atomic E-state index is 0.0898. The molecule has 2 N–H and O–H groups in total. The van der Waals surface area contributed by atoms with Crippen LogP contribution in [0.4, 0.5) is 0 Å². The van der Waals surface area contributed by atoms with Crippen LogP contribution < -0.4 is 5.73 Å². The molecule has 0 spiro atoms. The Hall–Kier alpha value is -1.88. The zero-order valence-corrected chi connectivity index (χ0v) is 10.7. The molecule has 1 aliphatic heterocycles. The highest BCUT2D eigenvalue weighted by Gasteiger charge is 2.28.